The largest absolute Gasteiger partial charge is 0.314 e. The van der Waals surface area contributed by atoms with Crippen LogP contribution in [0.3, 0.4) is 0 Å². The van der Waals surface area contributed by atoms with E-state index in [4.69, 9.17) is 0 Å². The molecule has 18 heavy (non-hydrogen) atoms. The second kappa shape index (κ2) is 6.32. The fourth-order valence-corrected chi connectivity index (χ4v) is 2.42. The van der Waals surface area contributed by atoms with E-state index in [1.807, 2.05) is 0 Å². The highest BCUT2D eigenvalue weighted by atomic mass is 15.3. The van der Waals surface area contributed by atoms with Gasteiger partial charge in [0.25, 0.3) is 0 Å². The van der Waals surface area contributed by atoms with E-state index in [9.17, 15) is 0 Å². The SMILES string of the molecule is CCCC(CNC1CC1)Cc1ncnn1C(C)C. The lowest BCUT2D eigenvalue weighted by molar-refractivity contribution is 0.407. The molecule has 0 amide bonds. The highest BCUT2D eigenvalue weighted by Crippen LogP contribution is 2.20. The average Bonchev–Trinajstić information content (AvgIpc) is 3.04. The topological polar surface area (TPSA) is 42.7 Å². The van der Waals surface area contributed by atoms with Crippen LogP contribution in [0.4, 0.5) is 0 Å². The zero-order chi connectivity index (χ0) is 13.0. The second-order valence-electron chi connectivity index (χ2n) is 5.76. The molecule has 0 bridgehead atoms. The molecular weight excluding hydrogens is 224 g/mol. The molecule has 0 aliphatic heterocycles. The first-order chi connectivity index (χ1) is 8.70. The van der Waals surface area contributed by atoms with Crippen molar-refractivity contribution in [3.05, 3.63) is 12.2 Å². The van der Waals surface area contributed by atoms with Gasteiger partial charge in [-0.25, -0.2) is 9.67 Å². The molecule has 1 aliphatic rings. The van der Waals surface area contributed by atoms with Crippen LogP contribution >= 0.6 is 0 Å². The molecule has 0 spiro atoms. The van der Waals surface area contributed by atoms with Gasteiger partial charge in [0.15, 0.2) is 0 Å². The summed E-state index contributed by atoms with van der Waals surface area (Å²) in [6, 6.07) is 1.20. The summed E-state index contributed by atoms with van der Waals surface area (Å²) >= 11 is 0. The summed E-state index contributed by atoms with van der Waals surface area (Å²) in [5.74, 6) is 1.83. The van der Waals surface area contributed by atoms with Crippen molar-refractivity contribution in [2.45, 2.75) is 65.0 Å². The van der Waals surface area contributed by atoms with Gasteiger partial charge in [-0.15, -0.1) is 0 Å². The van der Waals surface area contributed by atoms with Gasteiger partial charge in [0, 0.05) is 18.5 Å². The van der Waals surface area contributed by atoms with Gasteiger partial charge in [-0.05, 0) is 45.6 Å². The number of hydrogen-bond donors (Lipinski definition) is 1. The van der Waals surface area contributed by atoms with Crippen LogP contribution in [-0.4, -0.2) is 27.4 Å². The Morgan fingerprint density at radius 3 is 2.83 bits per heavy atom. The van der Waals surface area contributed by atoms with Crippen molar-refractivity contribution in [3.8, 4) is 0 Å². The van der Waals surface area contributed by atoms with Crippen molar-refractivity contribution in [3.63, 3.8) is 0 Å². The fourth-order valence-electron chi connectivity index (χ4n) is 2.42. The van der Waals surface area contributed by atoms with Gasteiger partial charge in [-0.3, -0.25) is 0 Å². The van der Waals surface area contributed by atoms with Crippen LogP contribution < -0.4 is 5.32 Å². The van der Waals surface area contributed by atoms with Gasteiger partial charge in [0.05, 0.1) is 0 Å². The van der Waals surface area contributed by atoms with Gasteiger partial charge in [0.2, 0.25) is 0 Å². The van der Waals surface area contributed by atoms with E-state index in [2.05, 4.69) is 40.9 Å². The first-order valence-electron chi connectivity index (χ1n) is 7.32. The molecule has 1 aromatic rings. The monoisotopic (exact) mass is 250 g/mol. The molecule has 4 heteroatoms. The normalized spacial score (nSPS) is 17.3. The Morgan fingerprint density at radius 2 is 2.22 bits per heavy atom. The van der Waals surface area contributed by atoms with E-state index in [0.717, 1.165) is 24.8 Å². The highest BCUT2D eigenvalue weighted by Gasteiger charge is 2.22. The first-order valence-corrected chi connectivity index (χ1v) is 7.32. The van der Waals surface area contributed by atoms with Gasteiger partial charge >= 0.3 is 0 Å². The van der Waals surface area contributed by atoms with Gasteiger partial charge < -0.3 is 5.32 Å². The summed E-state index contributed by atoms with van der Waals surface area (Å²) in [6.07, 6.45) is 7.97. The number of nitrogens with zero attached hydrogens (tertiary/aromatic N) is 3. The Balaban J connectivity index is 1.91. The maximum Gasteiger partial charge on any atom is 0.138 e. The molecule has 1 unspecified atom stereocenters. The molecule has 2 rings (SSSR count). The molecule has 102 valence electrons. The number of hydrogen-bond acceptors (Lipinski definition) is 3. The summed E-state index contributed by atoms with van der Waals surface area (Å²) in [4.78, 5) is 4.43. The van der Waals surface area contributed by atoms with Crippen LogP contribution in [-0.2, 0) is 6.42 Å². The van der Waals surface area contributed by atoms with Crippen LogP contribution in [0.2, 0.25) is 0 Å². The van der Waals surface area contributed by atoms with E-state index < -0.39 is 0 Å². The van der Waals surface area contributed by atoms with Crippen LogP contribution in [0, 0.1) is 5.92 Å². The van der Waals surface area contributed by atoms with Crippen LogP contribution in [0.5, 0.6) is 0 Å². The summed E-state index contributed by atoms with van der Waals surface area (Å²) in [6.45, 7) is 7.71. The Morgan fingerprint density at radius 1 is 1.44 bits per heavy atom. The molecule has 1 atom stereocenters. The zero-order valence-electron chi connectivity index (χ0n) is 11.9. The predicted molar refractivity (Wildman–Crippen MR) is 73.5 cm³/mol. The predicted octanol–water partition coefficient (Wildman–Crippen LogP) is 2.57. The van der Waals surface area contributed by atoms with Gasteiger partial charge in [-0.2, -0.15) is 5.10 Å². The van der Waals surface area contributed by atoms with Gasteiger partial charge in [-0.1, -0.05) is 13.3 Å². The van der Waals surface area contributed by atoms with Crippen molar-refractivity contribution in [2.75, 3.05) is 6.54 Å². The first kappa shape index (κ1) is 13.5. The third-order valence-corrected chi connectivity index (χ3v) is 3.58. The second-order valence-corrected chi connectivity index (χ2v) is 5.76. The highest BCUT2D eigenvalue weighted by molar-refractivity contribution is 4.90. The lowest BCUT2D eigenvalue weighted by Crippen LogP contribution is -2.27. The van der Waals surface area contributed by atoms with E-state index in [1.54, 1.807) is 6.33 Å². The van der Waals surface area contributed by atoms with E-state index >= 15 is 0 Å². The maximum absolute atomic E-state index is 4.43. The number of nitrogens with one attached hydrogen (secondary N) is 1. The lowest BCUT2D eigenvalue weighted by Gasteiger charge is -2.18. The molecule has 4 nitrogen and oxygen atoms in total. The number of rotatable bonds is 8. The molecule has 1 aromatic heterocycles. The smallest absolute Gasteiger partial charge is 0.138 e. The van der Waals surface area contributed by atoms with E-state index in [1.165, 1.54) is 25.7 Å². The third kappa shape index (κ3) is 3.80. The molecule has 1 aliphatic carbocycles. The maximum atomic E-state index is 4.43. The molecular formula is C14H26N4. The lowest BCUT2D eigenvalue weighted by atomic mass is 9.99. The summed E-state index contributed by atoms with van der Waals surface area (Å²) < 4.78 is 2.06. The third-order valence-electron chi connectivity index (χ3n) is 3.58. The standard InChI is InChI=1S/C14H26N4/c1-4-5-12(9-15-13-6-7-13)8-14-16-10-17-18(14)11(2)3/h10-13,15H,4-9H2,1-3H3. The minimum Gasteiger partial charge on any atom is -0.314 e. The average molecular weight is 250 g/mol. The Bertz CT molecular complexity index is 354. The molecule has 0 aromatic carbocycles. The Kier molecular flexibility index (Phi) is 4.75. The van der Waals surface area contributed by atoms with Crippen molar-refractivity contribution in [1.29, 1.82) is 0 Å². The minimum absolute atomic E-state index is 0.404. The van der Waals surface area contributed by atoms with Crippen LogP contribution in [0.25, 0.3) is 0 Å². The summed E-state index contributed by atoms with van der Waals surface area (Å²) in [5.41, 5.74) is 0. The van der Waals surface area contributed by atoms with Gasteiger partial charge in [0.1, 0.15) is 12.2 Å². The Labute approximate surface area is 110 Å². The molecule has 1 saturated carbocycles. The molecule has 1 heterocycles. The zero-order valence-corrected chi connectivity index (χ0v) is 11.9. The summed E-state index contributed by atoms with van der Waals surface area (Å²) in [7, 11) is 0. The van der Waals surface area contributed by atoms with Crippen LogP contribution in [0.15, 0.2) is 6.33 Å². The molecule has 1 fully saturated rings. The van der Waals surface area contributed by atoms with Crippen molar-refractivity contribution in [2.24, 2.45) is 5.92 Å². The molecule has 1 N–H and O–H groups in total. The van der Waals surface area contributed by atoms with Crippen molar-refractivity contribution < 1.29 is 0 Å². The minimum atomic E-state index is 0.404. The molecule has 0 saturated heterocycles. The number of aromatic nitrogens is 3. The van der Waals surface area contributed by atoms with Crippen LogP contribution in [0.1, 0.15) is 58.3 Å². The van der Waals surface area contributed by atoms with E-state index in [-0.39, 0.29) is 0 Å². The van der Waals surface area contributed by atoms with Crippen molar-refractivity contribution >= 4 is 0 Å². The molecule has 0 radical (unpaired) electrons. The summed E-state index contributed by atoms with van der Waals surface area (Å²) in [5, 5.41) is 7.97. The van der Waals surface area contributed by atoms with E-state index in [0.29, 0.717) is 12.0 Å². The Hall–Kier alpha value is -0.900. The fraction of sp³-hybridized carbons (Fsp3) is 0.857. The quantitative estimate of drug-likeness (QED) is 0.771. The van der Waals surface area contributed by atoms with Crippen molar-refractivity contribution in [1.82, 2.24) is 20.1 Å².